The first-order chi connectivity index (χ1) is 10.6. The molecule has 0 aliphatic rings. The number of rotatable bonds is 4. The van der Waals surface area contributed by atoms with Crippen LogP contribution in [0.4, 0.5) is 5.82 Å². The van der Waals surface area contributed by atoms with Crippen molar-refractivity contribution in [2.75, 3.05) is 12.4 Å². The summed E-state index contributed by atoms with van der Waals surface area (Å²) >= 11 is 0. The van der Waals surface area contributed by atoms with Gasteiger partial charge in [0.1, 0.15) is 23.1 Å². The number of nitrogens with one attached hydrogen (secondary N) is 1. The van der Waals surface area contributed by atoms with Gasteiger partial charge in [-0.3, -0.25) is 4.68 Å². The van der Waals surface area contributed by atoms with E-state index >= 15 is 0 Å². The smallest absolute Gasteiger partial charge is 0.156 e. The lowest BCUT2D eigenvalue weighted by molar-refractivity contribution is 0.414. The van der Waals surface area contributed by atoms with Gasteiger partial charge in [0, 0.05) is 7.05 Å². The zero-order chi connectivity index (χ0) is 15.7. The van der Waals surface area contributed by atoms with Crippen LogP contribution in [-0.4, -0.2) is 26.9 Å². The number of aryl methyl sites for hydroxylation is 2. The lowest BCUT2D eigenvalue weighted by Crippen LogP contribution is -2.09. The third kappa shape index (κ3) is 2.47. The fourth-order valence-corrected chi connectivity index (χ4v) is 2.56. The average Bonchev–Trinajstić information content (AvgIpc) is 2.83. The van der Waals surface area contributed by atoms with Crippen molar-refractivity contribution in [2.24, 2.45) is 7.05 Å². The van der Waals surface area contributed by atoms with Gasteiger partial charge in [-0.25, -0.2) is 9.97 Å². The summed E-state index contributed by atoms with van der Waals surface area (Å²) < 4.78 is 7.00. The maximum atomic E-state index is 5.19. The number of aromatic nitrogens is 4. The van der Waals surface area contributed by atoms with Gasteiger partial charge in [0.05, 0.1) is 18.8 Å². The second-order valence-corrected chi connectivity index (χ2v) is 5.27. The molecule has 1 N–H and O–H groups in total. The summed E-state index contributed by atoms with van der Waals surface area (Å²) in [5, 5.41) is 7.85. The number of fused-ring (bicyclic) bond motifs is 1. The largest absolute Gasteiger partial charge is 0.497 e. The lowest BCUT2D eigenvalue weighted by atomic mass is 10.1. The van der Waals surface area contributed by atoms with Crippen molar-refractivity contribution in [3.8, 4) is 5.75 Å². The molecule has 22 heavy (non-hydrogen) atoms. The maximum Gasteiger partial charge on any atom is 0.156 e. The van der Waals surface area contributed by atoms with Gasteiger partial charge in [0.2, 0.25) is 0 Å². The molecule has 2 heterocycles. The van der Waals surface area contributed by atoms with Gasteiger partial charge < -0.3 is 10.1 Å². The average molecular weight is 297 g/mol. The highest BCUT2D eigenvalue weighted by atomic mass is 16.5. The van der Waals surface area contributed by atoms with Crippen LogP contribution in [0.15, 0.2) is 30.6 Å². The van der Waals surface area contributed by atoms with Gasteiger partial charge >= 0.3 is 0 Å². The predicted molar refractivity (Wildman–Crippen MR) is 86.1 cm³/mol. The quantitative estimate of drug-likeness (QED) is 0.802. The van der Waals surface area contributed by atoms with E-state index in [1.807, 2.05) is 42.9 Å². The lowest BCUT2D eigenvalue weighted by Gasteiger charge is -2.16. The van der Waals surface area contributed by atoms with Gasteiger partial charge in [0.25, 0.3) is 0 Å². The summed E-state index contributed by atoms with van der Waals surface area (Å²) in [6.07, 6.45) is 1.57. The van der Waals surface area contributed by atoms with Crippen molar-refractivity contribution in [2.45, 2.75) is 19.9 Å². The highest BCUT2D eigenvalue weighted by molar-refractivity contribution is 5.87. The summed E-state index contributed by atoms with van der Waals surface area (Å²) in [4.78, 5) is 8.69. The zero-order valence-electron chi connectivity index (χ0n) is 13.2. The third-order valence-corrected chi connectivity index (χ3v) is 3.76. The van der Waals surface area contributed by atoms with Gasteiger partial charge in [0.15, 0.2) is 5.82 Å². The number of hydrogen-bond donors (Lipinski definition) is 1. The molecule has 114 valence electrons. The topological polar surface area (TPSA) is 64.9 Å². The van der Waals surface area contributed by atoms with E-state index in [0.717, 1.165) is 33.9 Å². The monoisotopic (exact) mass is 297 g/mol. The van der Waals surface area contributed by atoms with E-state index in [1.165, 1.54) is 0 Å². The van der Waals surface area contributed by atoms with Crippen LogP contribution in [0.25, 0.3) is 11.0 Å². The van der Waals surface area contributed by atoms with Crippen LogP contribution in [0.5, 0.6) is 5.75 Å². The first kappa shape index (κ1) is 14.3. The molecule has 0 spiro atoms. The van der Waals surface area contributed by atoms with E-state index in [9.17, 15) is 0 Å². The Balaban J connectivity index is 1.92. The Kier molecular flexibility index (Phi) is 3.66. The van der Waals surface area contributed by atoms with Gasteiger partial charge in [-0.2, -0.15) is 5.10 Å². The van der Waals surface area contributed by atoms with Crippen molar-refractivity contribution < 1.29 is 4.74 Å². The van der Waals surface area contributed by atoms with Gasteiger partial charge in [-0.15, -0.1) is 0 Å². The van der Waals surface area contributed by atoms with Crippen molar-refractivity contribution >= 4 is 16.9 Å². The van der Waals surface area contributed by atoms with Crippen LogP contribution >= 0.6 is 0 Å². The van der Waals surface area contributed by atoms with Crippen LogP contribution in [0.2, 0.25) is 0 Å². The minimum Gasteiger partial charge on any atom is -0.497 e. The second-order valence-electron chi connectivity index (χ2n) is 5.27. The maximum absolute atomic E-state index is 5.19. The molecule has 0 radical (unpaired) electrons. The molecule has 0 unspecified atom stereocenters. The fraction of sp³-hybridized carbons (Fsp3) is 0.312. The van der Waals surface area contributed by atoms with Crippen LogP contribution < -0.4 is 10.1 Å². The highest BCUT2D eigenvalue weighted by Crippen LogP contribution is 2.25. The van der Waals surface area contributed by atoms with E-state index < -0.39 is 0 Å². The molecule has 0 saturated carbocycles. The summed E-state index contributed by atoms with van der Waals surface area (Å²) in [5.74, 6) is 1.64. The Labute approximate surface area is 129 Å². The number of hydrogen-bond acceptors (Lipinski definition) is 5. The van der Waals surface area contributed by atoms with Crippen molar-refractivity contribution in [3.63, 3.8) is 0 Å². The standard InChI is InChI=1S/C16H19N5O/c1-10(12-5-7-13(22-4)8-6-12)19-16-15-14(17-9-18-16)11(2)20-21(15)3/h5-10H,1-4H3,(H,17,18,19)/t10-/m1/s1. The van der Waals surface area contributed by atoms with E-state index in [4.69, 9.17) is 4.74 Å². The minimum atomic E-state index is 0.110. The minimum absolute atomic E-state index is 0.110. The number of anilines is 1. The van der Waals surface area contributed by atoms with Crippen molar-refractivity contribution in [1.82, 2.24) is 19.7 Å². The van der Waals surface area contributed by atoms with E-state index in [1.54, 1.807) is 13.4 Å². The zero-order valence-corrected chi connectivity index (χ0v) is 13.2. The normalized spacial score (nSPS) is 12.4. The van der Waals surface area contributed by atoms with Crippen LogP contribution in [0.1, 0.15) is 24.2 Å². The van der Waals surface area contributed by atoms with Crippen molar-refractivity contribution in [3.05, 3.63) is 41.9 Å². The molecule has 2 aromatic heterocycles. The van der Waals surface area contributed by atoms with Crippen LogP contribution in [-0.2, 0) is 7.05 Å². The molecule has 3 aromatic rings. The molecule has 0 saturated heterocycles. The number of benzene rings is 1. The summed E-state index contributed by atoms with van der Waals surface area (Å²) in [6, 6.07) is 8.11. The summed E-state index contributed by atoms with van der Waals surface area (Å²) in [6.45, 7) is 4.05. The Morgan fingerprint density at radius 1 is 1.18 bits per heavy atom. The first-order valence-corrected chi connectivity index (χ1v) is 7.15. The van der Waals surface area contributed by atoms with Gasteiger partial charge in [-0.05, 0) is 31.5 Å². The predicted octanol–water partition coefficient (Wildman–Crippen LogP) is 2.85. The van der Waals surface area contributed by atoms with E-state index in [2.05, 4.69) is 27.3 Å². The second kappa shape index (κ2) is 5.63. The molecule has 3 rings (SSSR count). The summed E-state index contributed by atoms with van der Waals surface area (Å²) in [7, 11) is 3.57. The molecule has 0 bridgehead atoms. The Bertz CT molecular complexity index is 794. The van der Waals surface area contributed by atoms with E-state index in [-0.39, 0.29) is 6.04 Å². The molecule has 1 aromatic carbocycles. The molecular weight excluding hydrogens is 278 g/mol. The Morgan fingerprint density at radius 3 is 2.59 bits per heavy atom. The molecular formula is C16H19N5O. The van der Waals surface area contributed by atoms with Crippen LogP contribution in [0.3, 0.4) is 0 Å². The highest BCUT2D eigenvalue weighted by Gasteiger charge is 2.14. The summed E-state index contributed by atoms with van der Waals surface area (Å²) in [5.41, 5.74) is 3.86. The first-order valence-electron chi connectivity index (χ1n) is 7.15. The SMILES string of the molecule is COc1ccc([C@@H](C)Nc2ncnc3c(C)nn(C)c23)cc1. The Morgan fingerprint density at radius 2 is 1.91 bits per heavy atom. The molecule has 6 nitrogen and oxygen atoms in total. The van der Waals surface area contributed by atoms with Crippen molar-refractivity contribution in [1.29, 1.82) is 0 Å². The molecule has 0 fully saturated rings. The molecule has 6 heteroatoms. The molecule has 0 amide bonds. The Hall–Kier alpha value is -2.63. The van der Waals surface area contributed by atoms with Gasteiger partial charge in [-0.1, -0.05) is 12.1 Å². The molecule has 0 aliphatic carbocycles. The number of ether oxygens (including phenoxy) is 1. The van der Waals surface area contributed by atoms with E-state index in [0.29, 0.717) is 0 Å². The van der Waals surface area contributed by atoms with Crippen LogP contribution in [0, 0.1) is 6.92 Å². The number of nitrogens with zero attached hydrogens (tertiary/aromatic N) is 4. The molecule has 1 atom stereocenters. The number of methoxy groups -OCH3 is 1. The fourth-order valence-electron chi connectivity index (χ4n) is 2.56. The molecule has 0 aliphatic heterocycles. The third-order valence-electron chi connectivity index (χ3n) is 3.76.